The molecule has 0 radical (unpaired) electrons. The number of methoxy groups -OCH3 is 1. The third kappa shape index (κ3) is 3.89. The summed E-state index contributed by atoms with van der Waals surface area (Å²) in [6.07, 6.45) is 7.65. The number of carbonyl (C=O) groups is 1. The number of nitrogens with zero attached hydrogens (tertiary/aromatic N) is 2. The molecule has 1 amide bonds. The van der Waals surface area contributed by atoms with E-state index in [9.17, 15) is 4.79 Å². The van der Waals surface area contributed by atoms with Crippen molar-refractivity contribution in [1.82, 2.24) is 15.2 Å². The molecule has 0 spiro atoms. The average Bonchev–Trinajstić information content (AvgIpc) is 3.40. The van der Waals surface area contributed by atoms with Crippen molar-refractivity contribution < 1.29 is 14.3 Å². The number of hydrogen-bond acceptors (Lipinski definition) is 5. The van der Waals surface area contributed by atoms with Gasteiger partial charge in [-0.3, -0.25) is 9.78 Å². The van der Waals surface area contributed by atoms with Crippen LogP contribution in [0.15, 0.2) is 78.6 Å². The summed E-state index contributed by atoms with van der Waals surface area (Å²) in [6, 6.07) is 20.7. The first-order valence-electron chi connectivity index (χ1n) is 11.8. The van der Waals surface area contributed by atoms with Gasteiger partial charge in [-0.2, -0.15) is 0 Å². The van der Waals surface area contributed by atoms with Crippen LogP contribution in [-0.4, -0.2) is 41.1 Å². The zero-order chi connectivity index (χ0) is 23.1. The molecule has 1 aromatic heterocycles. The molecule has 0 unspecified atom stereocenters. The summed E-state index contributed by atoms with van der Waals surface area (Å²) >= 11 is 0. The first-order chi connectivity index (χ1) is 16.7. The quantitative estimate of drug-likeness (QED) is 0.568. The zero-order valence-electron chi connectivity index (χ0n) is 19.1. The second kappa shape index (κ2) is 8.52. The van der Waals surface area contributed by atoms with Gasteiger partial charge in [-0.05, 0) is 53.5 Å². The Kier molecular flexibility index (Phi) is 5.21. The summed E-state index contributed by atoms with van der Waals surface area (Å²) in [6.45, 7) is 0.423. The van der Waals surface area contributed by atoms with Gasteiger partial charge in [0.05, 0.1) is 13.2 Å². The summed E-state index contributed by atoms with van der Waals surface area (Å²) in [4.78, 5) is 19.5. The molecule has 5 heterocycles. The lowest BCUT2D eigenvalue weighted by Crippen LogP contribution is -2.47. The van der Waals surface area contributed by atoms with E-state index in [-0.39, 0.29) is 12.0 Å². The van der Waals surface area contributed by atoms with Gasteiger partial charge in [0.2, 0.25) is 0 Å². The van der Waals surface area contributed by atoms with Gasteiger partial charge in [0, 0.05) is 43.4 Å². The van der Waals surface area contributed by atoms with Gasteiger partial charge in [0.1, 0.15) is 23.3 Å². The third-order valence-corrected chi connectivity index (χ3v) is 7.07. The average molecular weight is 454 g/mol. The van der Waals surface area contributed by atoms with E-state index in [1.165, 1.54) is 6.42 Å². The molecular weight excluding hydrogens is 426 g/mol. The maximum absolute atomic E-state index is 12.6. The highest BCUT2D eigenvalue weighted by Gasteiger charge is 2.48. The first-order valence-corrected chi connectivity index (χ1v) is 11.8. The van der Waals surface area contributed by atoms with E-state index in [1.807, 2.05) is 54.6 Å². The van der Waals surface area contributed by atoms with E-state index in [4.69, 9.17) is 9.47 Å². The summed E-state index contributed by atoms with van der Waals surface area (Å²) in [5, 5.41) is 2.97. The molecule has 2 fully saturated rings. The van der Waals surface area contributed by atoms with Crippen molar-refractivity contribution in [3.63, 3.8) is 0 Å². The smallest absolute Gasteiger partial charge is 0.270 e. The predicted molar refractivity (Wildman–Crippen MR) is 130 cm³/mol. The van der Waals surface area contributed by atoms with Crippen LogP contribution in [0.2, 0.25) is 0 Å². The highest BCUT2D eigenvalue weighted by molar-refractivity contribution is 5.92. The molecule has 3 atom stereocenters. The number of hydrogen-bond donors (Lipinski definition) is 1. The topological polar surface area (TPSA) is 63.7 Å². The molecule has 34 heavy (non-hydrogen) atoms. The normalized spacial score (nSPS) is 22.0. The number of nitrogens with one attached hydrogen (secondary N) is 1. The maximum atomic E-state index is 12.6. The zero-order valence-corrected chi connectivity index (χ0v) is 19.1. The van der Waals surface area contributed by atoms with Crippen molar-refractivity contribution in [2.75, 3.05) is 7.11 Å². The number of benzene rings is 2. The fraction of sp³-hybridized carbons (Fsp3) is 0.286. The van der Waals surface area contributed by atoms with Crippen LogP contribution in [-0.2, 0) is 6.54 Å². The van der Waals surface area contributed by atoms with Gasteiger partial charge < -0.3 is 19.7 Å². The van der Waals surface area contributed by atoms with Crippen molar-refractivity contribution >= 4 is 5.91 Å². The standard InChI is InChI=1S/C28H27N3O3/c1-33-23-6-3-5-19(12-23)20-8-9-26(29-16-20)28(32)30-15-18-4-2-7-24(10-18)34-25-13-22-11-21-17-31(22)27(21)14-25/h2-10,12,16-17,22,25,27H,11,13-15H2,1H3,(H,30,32)/t22-,25+,27-/m1/s1. The van der Waals surface area contributed by atoms with Gasteiger partial charge in [-0.25, -0.2) is 0 Å². The van der Waals surface area contributed by atoms with E-state index >= 15 is 0 Å². The molecule has 0 aliphatic carbocycles. The lowest BCUT2D eigenvalue weighted by Gasteiger charge is -2.42. The van der Waals surface area contributed by atoms with Crippen LogP contribution in [0.5, 0.6) is 11.5 Å². The van der Waals surface area contributed by atoms with Gasteiger partial charge in [0.15, 0.2) is 0 Å². The van der Waals surface area contributed by atoms with E-state index in [2.05, 4.69) is 21.4 Å². The number of rotatable bonds is 7. The minimum Gasteiger partial charge on any atom is -0.497 e. The lowest BCUT2D eigenvalue weighted by molar-refractivity contribution is 0.0723. The maximum Gasteiger partial charge on any atom is 0.270 e. The van der Waals surface area contributed by atoms with Crippen molar-refractivity contribution in [2.45, 2.75) is 44.0 Å². The fourth-order valence-corrected chi connectivity index (χ4v) is 5.32. The molecule has 4 aliphatic rings. The summed E-state index contributed by atoms with van der Waals surface area (Å²) in [5.41, 5.74) is 4.92. The monoisotopic (exact) mass is 453 g/mol. The van der Waals surface area contributed by atoms with Crippen molar-refractivity contribution in [3.05, 3.63) is 89.9 Å². The van der Waals surface area contributed by atoms with Crippen LogP contribution in [0.4, 0.5) is 0 Å². The minimum absolute atomic E-state index is 0.200. The first kappa shape index (κ1) is 20.8. The highest BCUT2D eigenvalue weighted by Crippen LogP contribution is 2.47. The van der Waals surface area contributed by atoms with Crippen LogP contribution in [0, 0.1) is 0 Å². The molecule has 0 saturated carbocycles. The van der Waals surface area contributed by atoms with Crippen molar-refractivity contribution in [3.8, 4) is 22.6 Å². The van der Waals surface area contributed by atoms with Gasteiger partial charge in [0.25, 0.3) is 5.91 Å². The summed E-state index contributed by atoms with van der Waals surface area (Å²) in [5.74, 6) is 1.46. The molecule has 4 aliphatic heterocycles. The molecule has 4 bridgehead atoms. The van der Waals surface area contributed by atoms with Crippen LogP contribution in [0.1, 0.15) is 35.3 Å². The number of amides is 1. The van der Waals surface area contributed by atoms with E-state index in [1.54, 1.807) is 24.9 Å². The molecular formula is C28H27N3O3. The number of piperidine rings is 1. The molecule has 2 aromatic carbocycles. The second-order valence-corrected chi connectivity index (χ2v) is 9.23. The Morgan fingerprint density at radius 1 is 1.06 bits per heavy atom. The Bertz CT molecular complexity index is 1250. The SMILES string of the molecule is COc1cccc(-c2ccc(C(=O)NCc3cccc(O[C@H]4C[C@H]5CC6=CN5[C@@H]6C4)c3)nc2)c1. The number of pyridine rings is 1. The van der Waals surface area contributed by atoms with Crippen LogP contribution < -0.4 is 14.8 Å². The van der Waals surface area contributed by atoms with Crippen LogP contribution in [0.25, 0.3) is 11.1 Å². The second-order valence-electron chi connectivity index (χ2n) is 9.23. The minimum atomic E-state index is -0.200. The van der Waals surface area contributed by atoms with Gasteiger partial charge in [-0.15, -0.1) is 0 Å². The van der Waals surface area contributed by atoms with Gasteiger partial charge >= 0.3 is 0 Å². The molecule has 7 rings (SSSR count). The molecule has 6 heteroatoms. The summed E-state index contributed by atoms with van der Waals surface area (Å²) in [7, 11) is 1.64. The van der Waals surface area contributed by atoms with Crippen molar-refractivity contribution in [2.24, 2.45) is 0 Å². The van der Waals surface area contributed by atoms with Crippen molar-refractivity contribution in [1.29, 1.82) is 0 Å². The molecule has 1 N–H and O–H groups in total. The largest absolute Gasteiger partial charge is 0.497 e. The van der Waals surface area contributed by atoms with Crippen LogP contribution in [0.3, 0.4) is 0 Å². The highest BCUT2D eigenvalue weighted by atomic mass is 16.5. The molecule has 6 nitrogen and oxygen atoms in total. The Labute approximate surface area is 199 Å². The van der Waals surface area contributed by atoms with E-state index in [0.29, 0.717) is 24.3 Å². The third-order valence-electron chi connectivity index (χ3n) is 7.07. The van der Waals surface area contributed by atoms with Crippen LogP contribution >= 0.6 is 0 Å². The fourth-order valence-electron chi connectivity index (χ4n) is 5.32. The molecule has 3 aromatic rings. The van der Waals surface area contributed by atoms with E-state index < -0.39 is 0 Å². The summed E-state index contributed by atoms with van der Waals surface area (Å²) < 4.78 is 11.6. The predicted octanol–water partition coefficient (Wildman–Crippen LogP) is 4.57. The van der Waals surface area contributed by atoms with Gasteiger partial charge in [-0.1, -0.05) is 30.3 Å². The number of ether oxygens (including phenoxy) is 2. The Balaban J connectivity index is 1.05. The Hall–Kier alpha value is -3.80. The number of carbonyl (C=O) groups excluding carboxylic acids is 1. The number of aromatic nitrogens is 1. The Morgan fingerprint density at radius 3 is 2.76 bits per heavy atom. The molecule has 172 valence electrons. The molecule has 2 saturated heterocycles. The van der Waals surface area contributed by atoms with E-state index in [0.717, 1.165) is 41.0 Å². The Morgan fingerprint density at radius 2 is 1.94 bits per heavy atom. The lowest BCUT2D eigenvalue weighted by atomic mass is 9.95.